The van der Waals surface area contributed by atoms with Crippen LogP contribution in [0.1, 0.15) is 28.4 Å². The molecule has 0 radical (unpaired) electrons. The number of hydrogen-bond donors (Lipinski definition) is 0. The van der Waals surface area contributed by atoms with Gasteiger partial charge in [-0.05, 0) is 23.6 Å². The van der Waals surface area contributed by atoms with Crippen molar-refractivity contribution in [2.24, 2.45) is 0 Å². The summed E-state index contributed by atoms with van der Waals surface area (Å²) in [5.74, 6) is 0.343. The molecule has 0 saturated heterocycles. The van der Waals surface area contributed by atoms with Crippen LogP contribution in [0.25, 0.3) is 0 Å². The largest absolute Gasteiger partial charge is 0.488 e. The summed E-state index contributed by atoms with van der Waals surface area (Å²) in [6.07, 6.45) is 1.53. The standard InChI is InChI=1S/C16H15NO4/c1-2-12-3-5-13(6-4-12)11-21-16-8-7-15(17(19)20)9-14(16)10-18/h3-10H,2,11H2,1H3. The molecule has 5 heteroatoms. The quantitative estimate of drug-likeness (QED) is 0.462. The third-order valence-electron chi connectivity index (χ3n) is 3.16. The number of carbonyl (C=O) groups excluding carboxylic acids is 1. The van der Waals surface area contributed by atoms with Gasteiger partial charge in [-0.15, -0.1) is 0 Å². The minimum Gasteiger partial charge on any atom is -0.488 e. The molecule has 0 atom stereocenters. The van der Waals surface area contributed by atoms with Crippen molar-refractivity contribution in [3.8, 4) is 5.75 Å². The summed E-state index contributed by atoms with van der Waals surface area (Å²) in [5, 5.41) is 10.7. The number of hydrogen-bond acceptors (Lipinski definition) is 4. The Bertz CT molecular complexity index is 650. The number of ether oxygens (including phenoxy) is 1. The van der Waals surface area contributed by atoms with Crippen LogP contribution in [0.5, 0.6) is 5.75 Å². The lowest BCUT2D eigenvalue weighted by Gasteiger charge is -2.08. The predicted molar refractivity (Wildman–Crippen MR) is 78.6 cm³/mol. The number of rotatable bonds is 6. The van der Waals surface area contributed by atoms with Crippen molar-refractivity contribution >= 4 is 12.0 Å². The van der Waals surface area contributed by atoms with Gasteiger partial charge in [-0.2, -0.15) is 0 Å². The van der Waals surface area contributed by atoms with Gasteiger partial charge in [0.15, 0.2) is 6.29 Å². The summed E-state index contributed by atoms with van der Waals surface area (Å²) < 4.78 is 5.57. The third-order valence-corrected chi connectivity index (χ3v) is 3.16. The first-order valence-electron chi connectivity index (χ1n) is 6.58. The molecule has 0 unspecified atom stereocenters. The number of aldehydes is 1. The highest BCUT2D eigenvalue weighted by molar-refractivity contribution is 5.80. The summed E-state index contributed by atoms with van der Waals surface area (Å²) in [7, 11) is 0. The highest BCUT2D eigenvalue weighted by Crippen LogP contribution is 2.23. The average Bonchev–Trinajstić information content (AvgIpc) is 2.53. The van der Waals surface area contributed by atoms with E-state index in [1.165, 1.54) is 23.8 Å². The Balaban J connectivity index is 2.11. The Morgan fingerprint density at radius 3 is 2.38 bits per heavy atom. The molecule has 0 aliphatic rings. The van der Waals surface area contributed by atoms with Crippen LogP contribution in [0.15, 0.2) is 42.5 Å². The lowest BCUT2D eigenvalue weighted by atomic mass is 10.1. The fourth-order valence-electron chi connectivity index (χ4n) is 1.91. The number of nitrogens with zero attached hydrogens (tertiary/aromatic N) is 1. The SMILES string of the molecule is CCc1ccc(COc2ccc([N+](=O)[O-])cc2C=O)cc1. The van der Waals surface area contributed by atoms with Crippen molar-refractivity contribution in [3.63, 3.8) is 0 Å². The van der Waals surface area contributed by atoms with Crippen molar-refractivity contribution in [1.29, 1.82) is 0 Å². The highest BCUT2D eigenvalue weighted by Gasteiger charge is 2.11. The fourth-order valence-corrected chi connectivity index (χ4v) is 1.91. The Labute approximate surface area is 122 Å². The fraction of sp³-hybridized carbons (Fsp3) is 0.188. The van der Waals surface area contributed by atoms with Crippen LogP contribution in [-0.4, -0.2) is 11.2 Å². The number of aryl methyl sites for hydroxylation is 1. The average molecular weight is 285 g/mol. The molecule has 0 bridgehead atoms. The highest BCUT2D eigenvalue weighted by atomic mass is 16.6. The predicted octanol–water partition coefficient (Wildman–Crippen LogP) is 3.55. The molecular formula is C16H15NO4. The minimum atomic E-state index is -0.541. The molecule has 0 amide bonds. The topological polar surface area (TPSA) is 69.4 Å². The van der Waals surface area contributed by atoms with E-state index >= 15 is 0 Å². The van der Waals surface area contributed by atoms with E-state index in [2.05, 4.69) is 6.92 Å². The molecule has 0 saturated carbocycles. The van der Waals surface area contributed by atoms with Crippen molar-refractivity contribution in [3.05, 3.63) is 69.3 Å². The summed E-state index contributed by atoms with van der Waals surface area (Å²) >= 11 is 0. The molecule has 0 fully saturated rings. The van der Waals surface area contributed by atoms with Crippen LogP contribution in [0.2, 0.25) is 0 Å². The van der Waals surface area contributed by atoms with E-state index in [0.29, 0.717) is 18.6 Å². The van der Waals surface area contributed by atoms with E-state index in [1.807, 2.05) is 24.3 Å². The maximum Gasteiger partial charge on any atom is 0.270 e. The normalized spacial score (nSPS) is 10.1. The molecule has 0 N–H and O–H groups in total. The molecule has 0 heterocycles. The molecule has 0 aromatic heterocycles. The number of benzene rings is 2. The van der Waals surface area contributed by atoms with Gasteiger partial charge in [0.2, 0.25) is 0 Å². The second-order valence-electron chi connectivity index (χ2n) is 4.56. The van der Waals surface area contributed by atoms with E-state index in [4.69, 9.17) is 4.74 Å². The monoisotopic (exact) mass is 285 g/mol. The van der Waals surface area contributed by atoms with Gasteiger partial charge in [0, 0.05) is 12.1 Å². The molecule has 2 aromatic rings. The van der Waals surface area contributed by atoms with Gasteiger partial charge in [-0.3, -0.25) is 14.9 Å². The van der Waals surface area contributed by atoms with Crippen LogP contribution in [0.4, 0.5) is 5.69 Å². The van der Waals surface area contributed by atoms with Crippen LogP contribution in [0.3, 0.4) is 0 Å². The summed E-state index contributed by atoms with van der Waals surface area (Å²) in [6.45, 7) is 2.39. The van der Waals surface area contributed by atoms with E-state index in [9.17, 15) is 14.9 Å². The van der Waals surface area contributed by atoms with Crippen molar-refractivity contribution in [2.45, 2.75) is 20.0 Å². The smallest absolute Gasteiger partial charge is 0.270 e. The molecule has 5 nitrogen and oxygen atoms in total. The van der Waals surface area contributed by atoms with Gasteiger partial charge < -0.3 is 4.74 Å². The van der Waals surface area contributed by atoms with Gasteiger partial charge >= 0.3 is 0 Å². The lowest BCUT2D eigenvalue weighted by Crippen LogP contribution is -1.99. The Morgan fingerprint density at radius 2 is 1.81 bits per heavy atom. The lowest BCUT2D eigenvalue weighted by molar-refractivity contribution is -0.384. The zero-order valence-electron chi connectivity index (χ0n) is 11.6. The van der Waals surface area contributed by atoms with Crippen LogP contribution in [0, 0.1) is 10.1 Å². The van der Waals surface area contributed by atoms with Crippen molar-refractivity contribution in [2.75, 3.05) is 0 Å². The van der Waals surface area contributed by atoms with E-state index in [1.54, 1.807) is 0 Å². The molecular weight excluding hydrogens is 270 g/mol. The maximum absolute atomic E-state index is 11.0. The first kappa shape index (κ1) is 14.7. The Hall–Kier alpha value is -2.69. The molecule has 0 aliphatic carbocycles. The number of non-ortho nitro benzene ring substituents is 1. The molecule has 2 aromatic carbocycles. The first-order chi connectivity index (χ1) is 10.1. The molecule has 2 rings (SSSR count). The second-order valence-corrected chi connectivity index (χ2v) is 4.56. The van der Waals surface area contributed by atoms with Gasteiger partial charge in [0.1, 0.15) is 12.4 Å². The van der Waals surface area contributed by atoms with E-state index in [0.717, 1.165) is 12.0 Å². The summed E-state index contributed by atoms with van der Waals surface area (Å²) in [4.78, 5) is 21.1. The zero-order chi connectivity index (χ0) is 15.2. The first-order valence-corrected chi connectivity index (χ1v) is 6.58. The van der Waals surface area contributed by atoms with Gasteiger partial charge in [-0.25, -0.2) is 0 Å². The van der Waals surface area contributed by atoms with Gasteiger partial charge in [0.05, 0.1) is 10.5 Å². The summed E-state index contributed by atoms with van der Waals surface area (Å²) in [6, 6.07) is 12.0. The Morgan fingerprint density at radius 1 is 1.14 bits per heavy atom. The van der Waals surface area contributed by atoms with Crippen molar-refractivity contribution in [1.82, 2.24) is 0 Å². The van der Waals surface area contributed by atoms with Gasteiger partial charge in [0.25, 0.3) is 5.69 Å². The van der Waals surface area contributed by atoms with Crippen LogP contribution in [-0.2, 0) is 13.0 Å². The minimum absolute atomic E-state index is 0.128. The number of nitro groups is 1. The molecule has 0 spiro atoms. The molecule has 0 aliphatic heterocycles. The van der Waals surface area contributed by atoms with E-state index in [-0.39, 0.29) is 11.3 Å². The Kier molecular flexibility index (Phi) is 4.66. The molecule has 108 valence electrons. The van der Waals surface area contributed by atoms with Gasteiger partial charge in [-0.1, -0.05) is 31.2 Å². The number of carbonyl (C=O) groups is 1. The van der Waals surface area contributed by atoms with Crippen LogP contribution >= 0.6 is 0 Å². The third kappa shape index (κ3) is 3.66. The second kappa shape index (κ2) is 6.65. The summed E-state index contributed by atoms with van der Waals surface area (Å²) in [5.41, 5.74) is 2.26. The van der Waals surface area contributed by atoms with E-state index < -0.39 is 4.92 Å². The van der Waals surface area contributed by atoms with Crippen molar-refractivity contribution < 1.29 is 14.5 Å². The molecule has 21 heavy (non-hydrogen) atoms. The van der Waals surface area contributed by atoms with Crippen LogP contribution < -0.4 is 4.74 Å². The number of nitro benzene ring substituents is 1. The maximum atomic E-state index is 11.0. The zero-order valence-corrected chi connectivity index (χ0v) is 11.6.